The van der Waals surface area contributed by atoms with E-state index in [1.54, 1.807) is 10.6 Å². The number of benzene rings is 1. The summed E-state index contributed by atoms with van der Waals surface area (Å²) < 4.78 is 1.56. The summed E-state index contributed by atoms with van der Waals surface area (Å²) in [5.74, 6) is 0. The molecule has 0 fully saturated rings. The first-order chi connectivity index (χ1) is 7.18. The molecular weight excluding hydrogens is 220 g/mol. The van der Waals surface area contributed by atoms with Crippen molar-refractivity contribution in [2.24, 2.45) is 0 Å². The highest BCUT2D eigenvalue weighted by atomic mass is 35.5. The number of hydrogen-bond donors (Lipinski definition) is 0. The van der Waals surface area contributed by atoms with Crippen molar-refractivity contribution in [3.05, 3.63) is 46.0 Å². The lowest BCUT2D eigenvalue weighted by Gasteiger charge is -2.01. The lowest BCUT2D eigenvalue weighted by atomic mass is 10.3. The summed E-state index contributed by atoms with van der Waals surface area (Å²) in [5, 5.41) is 17.9. The molecule has 1 heterocycles. The van der Waals surface area contributed by atoms with Gasteiger partial charge in [-0.05, 0) is 12.1 Å². The van der Waals surface area contributed by atoms with Gasteiger partial charge in [0.15, 0.2) is 0 Å². The van der Waals surface area contributed by atoms with Crippen LogP contribution in [0.4, 0.5) is 5.69 Å². The molecule has 0 radical (unpaired) electrons. The van der Waals surface area contributed by atoms with Crippen LogP contribution in [0.3, 0.4) is 0 Å². The highest BCUT2D eigenvalue weighted by molar-refractivity contribution is 6.32. The van der Waals surface area contributed by atoms with Gasteiger partial charge in [-0.1, -0.05) is 11.6 Å². The maximum Gasteiger partial charge on any atom is 0.289 e. The average molecular weight is 225 g/mol. The molecule has 0 saturated heterocycles. The third kappa shape index (κ3) is 1.79. The molecule has 0 spiro atoms. The van der Waals surface area contributed by atoms with Gasteiger partial charge >= 0.3 is 0 Å². The third-order valence-electron chi connectivity index (χ3n) is 1.84. The summed E-state index contributed by atoms with van der Waals surface area (Å²) in [7, 11) is 0. The molecule has 0 saturated carbocycles. The second-order valence-electron chi connectivity index (χ2n) is 2.76. The van der Waals surface area contributed by atoms with E-state index in [4.69, 9.17) is 11.6 Å². The summed E-state index contributed by atoms with van der Waals surface area (Å²) in [6.45, 7) is 0. The van der Waals surface area contributed by atoms with Crippen molar-refractivity contribution in [3.8, 4) is 5.69 Å². The SMILES string of the molecule is O=[N+]([O-])c1cc(-n2cnnc2)ccc1Cl. The van der Waals surface area contributed by atoms with Crippen molar-refractivity contribution in [1.29, 1.82) is 0 Å². The highest BCUT2D eigenvalue weighted by Crippen LogP contribution is 2.26. The zero-order valence-electron chi connectivity index (χ0n) is 7.37. The average Bonchev–Trinajstić information content (AvgIpc) is 2.71. The predicted octanol–water partition coefficient (Wildman–Crippen LogP) is 1.83. The summed E-state index contributed by atoms with van der Waals surface area (Å²) in [4.78, 5) is 10.1. The summed E-state index contributed by atoms with van der Waals surface area (Å²) in [5.41, 5.74) is 0.457. The van der Waals surface area contributed by atoms with Crippen molar-refractivity contribution in [2.75, 3.05) is 0 Å². The van der Waals surface area contributed by atoms with Crippen LogP contribution in [-0.2, 0) is 0 Å². The number of nitro groups is 1. The van der Waals surface area contributed by atoms with Crippen LogP contribution in [-0.4, -0.2) is 19.7 Å². The Hall–Kier alpha value is -1.95. The Balaban J connectivity index is 2.52. The van der Waals surface area contributed by atoms with Gasteiger partial charge in [-0.3, -0.25) is 14.7 Å². The largest absolute Gasteiger partial charge is 0.289 e. The Labute approximate surface area is 89.3 Å². The van der Waals surface area contributed by atoms with Gasteiger partial charge in [0.05, 0.1) is 10.6 Å². The maximum atomic E-state index is 10.6. The number of rotatable bonds is 2. The first kappa shape index (κ1) is 9.60. The Bertz CT molecular complexity index is 497. The van der Waals surface area contributed by atoms with Crippen LogP contribution in [0.15, 0.2) is 30.9 Å². The van der Waals surface area contributed by atoms with E-state index >= 15 is 0 Å². The number of halogens is 1. The van der Waals surface area contributed by atoms with Crippen molar-refractivity contribution in [1.82, 2.24) is 14.8 Å². The molecule has 15 heavy (non-hydrogen) atoms. The topological polar surface area (TPSA) is 73.8 Å². The van der Waals surface area contributed by atoms with Crippen molar-refractivity contribution >= 4 is 17.3 Å². The summed E-state index contributed by atoms with van der Waals surface area (Å²) in [6.07, 6.45) is 2.90. The van der Waals surface area contributed by atoms with E-state index < -0.39 is 4.92 Å². The number of hydrogen-bond acceptors (Lipinski definition) is 4. The van der Waals surface area contributed by atoms with Gasteiger partial charge in [-0.15, -0.1) is 10.2 Å². The molecule has 0 N–H and O–H groups in total. The van der Waals surface area contributed by atoms with E-state index in [9.17, 15) is 10.1 Å². The van der Waals surface area contributed by atoms with Crippen LogP contribution in [0.25, 0.3) is 5.69 Å². The molecule has 0 aliphatic heterocycles. The molecule has 0 atom stereocenters. The number of nitro benzene ring substituents is 1. The van der Waals surface area contributed by atoms with Crippen LogP contribution < -0.4 is 0 Å². The normalized spacial score (nSPS) is 10.2. The quantitative estimate of drug-likeness (QED) is 0.576. The van der Waals surface area contributed by atoms with E-state index in [-0.39, 0.29) is 10.7 Å². The molecular formula is C8H5ClN4O2. The second-order valence-corrected chi connectivity index (χ2v) is 3.17. The smallest absolute Gasteiger partial charge is 0.288 e. The molecule has 76 valence electrons. The molecule has 2 aromatic rings. The molecule has 0 unspecified atom stereocenters. The molecule has 0 bridgehead atoms. The Kier molecular flexibility index (Phi) is 2.34. The van der Waals surface area contributed by atoms with E-state index in [1.807, 2.05) is 0 Å². The van der Waals surface area contributed by atoms with Gasteiger partial charge in [0.1, 0.15) is 17.7 Å². The molecule has 7 heteroatoms. The maximum absolute atomic E-state index is 10.6. The second kappa shape index (κ2) is 3.66. The zero-order valence-corrected chi connectivity index (χ0v) is 8.13. The van der Waals surface area contributed by atoms with Gasteiger partial charge in [0.25, 0.3) is 5.69 Å². The standard InChI is InChI=1S/C8H5ClN4O2/c9-7-2-1-6(3-8(7)13(14)15)12-4-10-11-5-12/h1-5H. The third-order valence-corrected chi connectivity index (χ3v) is 2.16. The van der Waals surface area contributed by atoms with Gasteiger partial charge in [-0.25, -0.2) is 0 Å². The molecule has 0 aliphatic carbocycles. The number of aromatic nitrogens is 3. The van der Waals surface area contributed by atoms with Gasteiger partial charge < -0.3 is 0 Å². The van der Waals surface area contributed by atoms with Crippen molar-refractivity contribution in [2.45, 2.75) is 0 Å². The van der Waals surface area contributed by atoms with Gasteiger partial charge in [-0.2, -0.15) is 0 Å². The first-order valence-corrected chi connectivity index (χ1v) is 4.35. The van der Waals surface area contributed by atoms with Crippen LogP contribution >= 0.6 is 11.6 Å². The van der Waals surface area contributed by atoms with Gasteiger partial charge in [0, 0.05) is 6.07 Å². The molecule has 6 nitrogen and oxygen atoms in total. The lowest BCUT2D eigenvalue weighted by molar-refractivity contribution is -0.384. The number of nitrogens with zero attached hydrogens (tertiary/aromatic N) is 4. The Morgan fingerprint density at radius 3 is 2.60 bits per heavy atom. The van der Waals surface area contributed by atoms with Crippen LogP contribution in [0, 0.1) is 10.1 Å². The van der Waals surface area contributed by atoms with Crippen molar-refractivity contribution < 1.29 is 4.92 Å². The van der Waals surface area contributed by atoms with Crippen molar-refractivity contribution in [3.63, 3.8) is 0 Å². The summed E-state index contributed by atoms with van der Waals surface area (Å²) >= 11 is 5.67. The molecule has 0 aliphatic rings. The molecule has 1 aromatic carbocycles. The Morgan fingerprint density at radius 2 is 2.00 bits per heavy atom. The minimum atomic E-state index is -0.532. The highest BCUT2D eigenvalue weighted by Gasteiger charge is 2.13. The minimum Gasteiger partial charge on any atom is -0.288 e. The fourth-order valence-electron chi connectivity index (χ4n) is 1.14. The Morgan fingerprint density at radius 1 is 1.33 bits per heavy atom. The summed E-state index contributed by atoms with van der Waals surface area (Å²) in [6, 6.07) is 4.49. The lowest BCUT2D eigenvalue weighted by Crippen LogP contribution is -1.94. The monoisotopic (exact) mass is 224 g/mol. The molecule has 1 aromatic heterocycles. The predicted molar refractivity (Wildman–Crippen MR) is 53.0 cm³/mol. The minimum absolute atomic E-state index is 0.108. The zero-order chi connectivity index (χ0) is 10.8. The van der Waals surface area contributed by atoms with Crippen LogP contribution in [0.5, 0.6) is 0 Å². The van der Waals surface area contributed by atoms with Crippen LogP contribution in [0.1, 0.15) is 0 Å². The van der Waals surface area contributed by atoms with E-state index in [0.29, 0.717) is 5.69 Å². The van der Waals surface area contributed by atoms with E-state index in [2.05, 4.69) is 10.2 Å². The fourth-order valence-corrected chi connectivity index (χ4v) is 1.32. The molecule has 0 amide bonds. The van der Waals surface area contributed by atoms with E-state index in [0.717, 1.165) is 0 Å². The van der Waals surface area contributed by atoms with E-state index in [1.165, 1.54) is 24.8 Å². The first-order valence-electron chi connectivity index (χ1n) is 3.97. The molecule has 2 rings (SSSR count). The van der Waals surface area contributed by atoms with Gasteiger partial charge in [0.2, 0.25) is 0 Å². The fraction of sp³-hybridized carbons (Fsp3) is 0. The van der Waals surface area contributed by atoms with Crippen LogP contribution in [0.2, 0.25) is 5.02 Å².